The summed E-state index contributed by atoms with van der Waals surface area (Å²) in [5, 5.41) is 2.72. The Morgan fingerprint density at radius 2 is 1.77 bits per heavy atom. The van der Waals surface area contributed by atoms with Crippen LogP contribution in [-0.2, 0) is 10.0 Å². The van der Waals surface area contributed by atoms with Gasteiger partial charge in [0.2, 0.25) is 10.0 Å². The van der Waals surface area contributed by atoms with Crippen LogP contribution >= 0.6 is 0 Å². The molecule has 0 aliphatic heterocycles. The van der Waals surface area contributed by atoms with Crippen LogP contribution in [0.5, 0.6) is 5.75 Å². The van der Waals surface area contributed by atoms with E-state index in [0.717, 1.165) is 5.56 Å². The van der Waals surface area contributed by atoms with Crippen molar-refractivity contribution in [2.75, 3.05) is 19.0 Å². The van der Waals surface area contributed by atoms with Crippen molar-refractivity contribution in [3.8, 4) is 5.75 Å². The van der Waals surface area contributed by atoms with Crippen molar-refractivity contribution < 1.29 is 17.9 Å². The van der Waals surface area contributed by atoms with Crippen molar-refractivity contribution in [1.82, 2.24) is 4.72 Å². The highest BCUT2D eigenvalue weighted by molar-refractivity contribution is 7.89. The molecule has 2 rings (SSSR count). The van der Waals surface area contributed by atoms with Gasteiger partial charge in [0.25, 0.3) is 5.91 Å². The van der Waals surface area contributed by atoms with E-state index in [0.29, 0.717) is 23.5 Å². The third-order valence-corrected chi connectivity index (χ3v) is 5.15. The van der Waals surface area contributed by atoms with Gasteiger partial charge in [-0.3, -0.25) is 4.79 Å². The average molecular weight is 376 g/mol. The van der Waals surface area contributed by atoms with E-state index in [-0.39, 0.29) is 16.7 Å². The summed E-state index contributed by atoms with van der Waals surface area (Å²) in [6, 6.07) is 11.5. The molecule has 0 bridgehead atoms. The third-order valence-electron chi connectivity index (χ3n) is 3.72. The van der Waals surface area contributed by atoms with Crippen LogP contribution in [0.2, 0.25) is 0 Å². The summed E-state index contributed by atoms with van der Waals surface area (Å²) in [6.45, 7) is 6.11. The molecule has 26 heavy (non-hydrogen) atoms. The number of carbonyl (C=O) groups excluding carboxylic acids is 1. The Hall–Kier alpha value is -2.38. The molecule has 0 fully saturated rings. The number of methoxy groups -OCH3 is 1. The Bertz CT molecular complexity index is 875. The van der Waals surface area contributed by atoms with Crippen molar-refractivity contribution in [2.24, 2.45) is 5.92 Å². The smallest absolute Gasteiger partial charge is 0.255 e. The van der Waals surface area contributed by atoms with E-state index < -0.39 is 10.0 Å². The highest BCUT2D eigenvalue weighted by atomic mass is 32.2. The van der Waals surface area contributed by atoms with Crippen molar-refractivity contribution in [3.63, 3.8) is 0 Å². The lowest BCUT2D eigenvalue weighted by molar-refractivity contribution is 0.102. The van der Waals surface area contributed by atoms with Gasteiger partial charge in [0.15, 0.2) is 0 Å². The fourth-order valence-corrected chi connectivity index (χ4v) is 3.45. The molecule has 2 aromatic rings. The van der Waals surface area contributed by atoms with E-state index in [1.807, 2.05) is 32.9 Å². The van der Waals surface area contributed by atoms with Crippen LogP contribution in [0.15, 0.2) is 47.4 Å². The lowest BCUT2D eigenvalue weighted by atomic mass is 10.1. The number of nitrogens with one attached hydrogen (secondary N) is 2. The first kappa shape index (κ1) is 19.9. The molecule has 7 heteroatoms. The monoisotopic (exact) mass is 376 g/mol. The minimum absolute atomic E-state index is 0.0677. The number of hydrogen-bond donors (Lipinski definition) is 2. The van der Waals surface area contributed by atoms with Crippen LogP contribution in [0, 0.1) is 12.8 Å². The number of hydrogen-bond acceptors (Lipinski definition) is 4. The predicted octanol–water partition coefficient (Wildman–Crippen LogP) is 3.19. The summed E-state index contributed by atoms with van der Waals surface area (Å²) >= 11 is 0. The molecule has 1 amide bonds. The predicted molar refractivity (Wildman–Crippen MR) is 102 cm³/mol. The maximum atomic E-state index is 12.4. The fourth-order valence-electron chi connectivity index (χ4n) is 2.21. The van der Waals surface area contributed by atoms with Gasteiger partial charge in [-0.15, -0.1) is 0 Å². The minimum atomic E-state index is -3.67. The van der Waals surface area contributed by atoms with Gasteiger partial charge in [-0.2, -0.15) is 0 Å². The van der Waals surface area contributed by atoms with Gasteiger partial charge >= 0.3 is 0 Å². The Labute approximate surface area is 154 Å². The number of carbonyl (C=O) groups is 1. The molecule has 0 heterocycles. The lowest BCUT2D eigenvalue weighted by Gasteiger charge is -2.14. The Morgan fingerprint density at radius 3 is 2.35 bits per heavy atom. The highest BCUT2D eigenvalue weighted by Gasteiger charge is 2.18. The van der Waals surface area contributed by atoms with E-state index >= 15 is 0 Å². The number of sulfonamides is 1. The van der Waals surface area contributed by atoms with E-state index in [2.05, 4.69) is 10.0 Å². The Morgan fingerprint density at radius 1 is 1.12 bits per heavy atom. The van der Waals surface area contributed by atoms with Crippen LogP contribution in [0.4, 0.5) is 5.69 Å². The molecule has 0 atom stereocenters. The van der Waals surface area contributed by atoms with Crippen LogP contribution in [0.25, 0.3) is 0 Å². The molecule has 2 N–H and O–H groups in total. The number of ether oxygens (including phenoxy) is 1. The third kappa shape index (κ3) is 5.06. The second-order valence-corrected chi connectivity index (χ2v) is 8.19. The SMILES string of the molecule is COc1ccc(S(=O)(=O)NCC(C)C)cc1NC(=O)c1ccc(C)cc1. The quantitative estimate of drug-likeness (QED) is 0.777. The Balaban J connectivity index is 2.29. The maximum Gasteiger partial charge on any atom is 0.255 e. The van der Waals surface area contributed by atoms with Crippen molar-refractivity contribution in [1.29, 1.82) is 0 Å². The summed E-state index contributed by atoms with van der Waals surface area (Å²) in [5.74, 6) is 0.227. The van der Waals surface area contributed by atoms with Crippen molar-refractivity contribution >= 4 is 21.6 Å². The zero-order valence-electron chi connectivity index (χ0n) is 15.4. The molecule has 0 radical (unpaired) electrons. The van der Waals surface area contributed by atoms with Crippen LogP contribution in [0.3, 0.4) is 0 Å². The molecule has 0 aromatic heterocycles. The van der Waals surface area contributed by atoms with Gasteiger partial charge in [-0.1, -0.05) is 31.5 Å². The first-order valence-corrected chi connectivity index (χ1v) is 9.77. The van der Waals surface area contributed by atoms with Crippen molar-refractivity contribution in [2.45, 2.75) is 25.7 Å². The summed E-state index contributed by atoms with van der Waals surface area (Å²) in [4.78, 5) is 12.5. The standard InChI is InChI=1S/C19H24N2O4S/c1-13(2)12-20-26(23,24)16-9-10-18(25-4)17(11-16)21-19(22)15-7-5-14(3)6-8-15/h5-11,13,20H,12H2,1-4H3,(H,21,22). The van der Waals surface area contributed by atoms with E-state index in [4.69, 9.17) is 4.74 Å². The van der Waals surface area contributed by atoms with Gasteiger partial charge < -0.3 is 10.1 Å². The first-order chi connectivity index (χ1) is 12.2. The van der Waals surface area contributed by atoms with Gasteiger partial charge in [0.05, 0.1) is 17.7 Å². The fraction of sp³-hybridized carbons (Fsp3) is 0.316. The maximum absolute atomic E-state index is 12.4. The second kappa shape index (κ2) is 8.33. The van der Waals surface area contributed by atoms with Gasteiger partial charge in [0.1, 0.15) is 5.75 Å². The van der Waals surface area contributed by atoms with Crippen LogP contribution < -0.4 is 14.8 Å². The molecule has 2 aromatic carbocycles. The van der Waals surface area contributed by atoms with E-state index in [1.165, 1.54) is 25.3 Å². The normalized spacial score (nSPS) is 11.4. The molecule has 0 spiro atoms. The molecule has 0 unspecified atom stereocenters. The van der Waals surface area contributed by atoms with Crippen LogP contribution in [-0.4, -0.2) is 28.0 Å². The second-order valence-electron chi connectivity index (χ2n) is 6.43. The summed E-state index contributed by atoms with van der Waals surface area (Å²) < 4.78 is 32.6. The first-order valence-electron chi connectivity index (χ1n) is 8.28. The lowest BCUT2D eigenvalue weighted by Crippen LogP contribution is -2.27. The van der Waals surface area contributed by atoms with E-state index in [9.17, 15) is 13.2 Å². The largest absolute Gasteiger partial charge is 0.495 e. The zero-order valence-corrected chi connectivity index (χ0v) is 16.2. The topological polar surface area (TPSA) is 84.5 Å². The average Bonchev–Trinajstić information content (AvgIpc) is 2.60. The van der Waals surface area contributed by atoms with E-state index in [1.54, 1.807) is 12.1 Å². The molecule has 0 saturated carbocycles. The molecular weight excluding hydrogens is 352 g/mol. The van der Waals surface area contributed by atoms with Crippen LogP contribution in [0.1, 0.15) is 29.8 Å². The zero-order chi connectivity index (χ0) is 19.3. The number of rotatable bonds is 7. The minimum Gasteiger partial charge on any atom is -0.495 e. The number of amides is 1. The van der Waals surface area contributed by atoms with Gasteiger partial charge in [0, 0.05) is 12.1 Å². The number of benzene rings is 2. The molecular formula is C19H24N2O4S. The van der Waals surface area contributed by atoms with Gasteiger partial charge in [-0.25, -0.2) is 13.1 Å². The highest BCUT2D eigenvalue weighted by Crippen LogP contribution is 2.28. The molecule has 0 aliphatic carbocycles. The molecule has 6 nitrogen and oxygen atoms in total. The molecule has 0 aliphatic rings. The Kier molecular flexibility index (Phi) is 6.39. The number of aryl methyl sites for hydroxylation is 1. The number of anilines is 1. The van der Waals surface area contributed by atoms with Gasteiger partial charge in [-0.05, 0) is 43.2 Å². The summed E-state index contributed by atoms with van der Waals surface area (Å²) in [5.41, 5.74) is 1.82. The van der Waals surface area contributed by atoms with Crippen molar-refractivity contribution in [3.05, 3.63) is 53.6 Å². The summed E-state index contributed by atoms with van der Waals surface area (Å²) in [7, 11) is -2.21. The molecule has 140 valence electrons. The molecule has 0 saturated heterocycles. The summed E-state index contributed by atoms with van der Waals surface area (Å²) in [6.07, 6.45) is 0.